The van der Waals surface area contributed by atoms with Gasteiger partial charge in [-0.2, -0.15) is 0 Å². The number of aromatic nitrogens is 4. The zero-order chi connectivity index (χ0) is 13.2. The fourth-order valence-corrected chi connectivity index (χ4v) is 2.36. The van der Waals surface area contributed by atoms with Gasteiger partial charge >= 0.3 is 0 Å². The fraction of sp³-hybridized carbons (Fsp3) is 0.214. The van der Waals surface area contributed by atoms with E-state index in [-0.39, 0.29) is 0 Å². The number of aryl methyl sites for hydroxylation is 1. The van der Waals surface area contributed by atoms with Crippen molar-refractivity contribution in [3.05, 3.63) is 53.9 Å². The van der Waals surface area contributed by atoms with Crippen LogP contribution in [0.1, 0.15) is 17.2 Å². The van der Waals surface area contributed by atoms with E-state index in [2.05, 4.69) is 19.5 Å². The van der Waals surface area contributed by atoms with Crippen LogP contribution in [0.5, 0.6) is 0 Å². The SMILES string of the molecule is Cc1cccc(Cn2c(CCl)nc3cnccc32)n1. The second-order valence-electron chi connectivity index (χ2n) is 4.38. The Morgan fingerprint density at radius 3 is 2.89 bits per heavy atom. The Hall–Kier alpha value is -1.94. The van der Waals surface area contributed by atoms with Crippen molar-refractivity contribution in [3.63, 3.8) is 0 Å². The van der Waals surface area contributed by atoms with E-state index in [0.29, 0.717) is 12.4 Å². The first-order valence-electron chi connectivity index (χ1n) is 6.05. The van der Waals surface area contributed by atoms with Gasteiger partial charge < -0.3 is 4.57 Å². The van der Waals surface area contributed by atoms with Crippen molar-refractivity contribution >= 4 is 22.6 Å². The summed E-state index contributed by atoms with van der Waals surface area (Å²) < 4.78 is 2.09. The summed E-state index contributed by atoms with van der Waals surface area (Å²) in [6, 6.07) is 7.97. The van der Waals surface area contributed by atoms with Crippen LogP contribution in [0.2, 0.25) is 0 Å². The number of nitrogens with zero attached hydrogens (tertiary/aromatic N) is 4. The maximum Gasteiger partial charge on any atom is 0.125 e. The second-order valence-corrected chi connectivity index (χ2v) is 4.65. The highest BCUT2D eigenvalue weighted by Gasteiger charge is 2.10. The molecule has 96 valence electrons. The summed E-state index contributed by atoms with van der Waals surface area (Å²) in [5, 5.41) is 0. The lowest BCUT2D eigenvalue weighted by atomic mass is 10.3. The van der Waals surface area contributed by atoms with Crippen LogP contribution in [0.25, 0.3) is 11.0 Å². The molecule has 0 aliphatic heterocycles. The van der Waals surface area contributed by atoms with Crippen molar-refractivity contribution in [1.29, 1.82) is 0 Å². The zero-order valence-electron chi connectivity index (χ0n) is 10.5. The summed E-state index contributed by atoms with van der Waals surface area (Å²) in [7, 11) is 0. The Morgan fingerprint density at radius 1 is 1.21 bits per heavy atom. The lowest BCUT2D eigenvalue weighted by molar-refractivity contribution is 0.755. The molecule has 0 bridgehead atoms. The monoisotopic (exact) mass is 272 g/mol. The van der Waals surface area contributed by atoms with Crippen LogP contribution in [-0.4, -0.2) is 19.5 Å². The maximum atomic E-state index is 5.98. The lowest BCUT2D eigenvalue weighted by Crippen LogP contribution is -2.05. The Balaban J connectivity index is 2.08. The molecule has 0 aliphatic carbocycles. The summed E-state index contributed by atoms with van der Waals surface area (Å²) in [5.41, 5.74) is 3.92. The standard InChI is InChI=1S/C14H13ClN4/c1-10-3-2-4-11(17-10)9-19-13-5-6-16-8-12(13)18-14(19)7-15/h2-6,8H,7,9H2,1H3. The van der Waals surface area contributed by atoms with Gasteiger partial charge in [0.2, 0.25) is 0 Å². The van der Waals surface area contributed by atoms with Crippen molar-refractivity contribution in [3.8, 4) is 0 Å². The predicted molar refractivity (Wildman–Crippen MR) is 75.2 cm³/mol. The van der Waals surface area contributed by atoms with Crippen LogP contribution in [0.15, 0.2) is 36.7 Å². The van der Waals surface area contributed by atoms with E-state index in [4.69, 9.17) is 11.6 Å². The van der Waals surface area contributed by atoms with Gasteiger partial charge in [-0.15, -0.1) is 11.6 Å². The number of imidazole rings is 1. The van der Waals surface area contributed by atoms with E-state index in [1.165, 1.54) is 0 Å². The maximum absolute atomic E-state index is 5.98. The van der Waals surface area contributed by atoms with Gasteiger partial charge in [0.05, 0.1) is 29.8 Å². The minimum Gasteiger partial charge on any atom is -0.321 e. The smallest absolute Gasteiger partial charge is 0.125 e. The van der Waals surface area contributed by atoms with Gasteiger partial charge in [0.1, 0.15) is 11.3 Å². The van der Waals surface area contributed by atoms with E-state index in [9.17, 15) is 0 Å². The predicted octanol–water partition coefficient (Wildman–Crippen LogP) is 2.92. The molecule has 0 N–H and O–H groups in total. The third kappa shape index (κ3) is 2.31. The van der Waals surface area contributed by atoms with E-state index in [1.807, 2.05) is 31.2 Å². The zero-order valence-corrected chi connectivity index (χ0v) is 11.3. The van der Waals surface area contributed by atoms with Gasteiger partial charge in [0.15, 0.2) is 0 Å². The molecule has 3 heterocycles. The van der Waals surface area contributed by atoms with Crippen LogP contribution in [0, 0.1) is 6.92 Å². The molecule has 0 saturated heterocycles. The highest BCUT2D eigenvalue weighted by atomic mass is 35.5. The summed E-state index contributed by atoms with van der Waals surface area (Å²) in [6.07, 6.45) is 3.52. The molecule has 0 saturated carbocycles. The molecule has 3 aromatic rings. The minimum atomic E-state index is 0.375. The minimum absolute atomic E-state index is 0.375. The lowest BCUT2D eigenvalue weighted by Gasteiger charge is -2.07. The molecular weight excluding hydrogens is 260 g/mol. The van der Waals surface area contributed by atoms with E-state index < -0.39 is 0 Å². The highest BCUT2D eigenvalue weighted by Crippen LogP contribution is 2.17. The number of rotatable bonds is 3. The summed E-state index contributed by atoms with van der Waals surface area (Å²) in [5.74, 6) is 1.22. The van der Waals surface area contributed by atoms with Gasteiger partial charge in [-0.05, 0) is 25.1 Å². The van der Waals surface area contributed by atoms with Crippen molar-refractivity contribution in [2.45, 2.75) is 19.3 Å². The molecule has 19 heavy (non-hydrogen) atoms. The number of halogens is 1. The molecular formula is C14H13ClN4. The molecule has 0 amide bonds. The Bertz CT molecular complexity index is 720. The average molecular weight is 273 g/mol. The van der Waals surface area contributed by atoms with Crippen molar-refractivity contribution < 1.29 is 0 Å². The average Bonchev–Trinajstić information content (AvgIpc) is 2.77. The molecule has 0 aliphatic rings. The molecule has 0 radical (unpaired) electrons. The van der Waals surface area contributed by atoms with E-state index in [1.54, 1.807) is 12.4 Å². The summed E-state index contributed by atoms with van der Waals surface area (Å²) >= 11 is 5.98. The quantitative estimate of drug-likeness (QED) is 0.689. The molecule has 5 heteroatoms. The van der Waals surface area contributed by atoms with Gasteiger partial charge in [0.25, 0.3) is 0 Å². The first kappa shape index (κ1) is 12.1. The fourth-order valence-electron chi connectivity index (χ4n) is 2.16. The van der Waals surface area contributed by atoms with Crippen LogP contribution >= 0.6 is 11.6 Å². The van der Waals surface area contributed by atoms with Gasteiger partial charge in [-0.3, -0.25) is 9.97 Å². The number of alkyl halides is 1. The summed E-state index contributed by atoms with van der Waals surface area (Å²) in [6.45, 7) is 2.66. The first-order valence-corrected chi connectivity index (χ1v) is 6.59. The molecule has 0 unspecified atom stereocenters. The van der Waals surface area contributed by atoms with Crippen molar-refractivity contribution in [1.82, 2.24) is 19.5 Å². The second kappa shape index (κ2) is 4.97. The number of fused-ring (bicyclic) bond motifs is 1. The Morgan fingerprint density at radius 2 is 2.11 bits per heavy atom. The van der Waals surface area contributed by atoms with Crippen LogP contribution < -0.4 is 0 Å². The van der Waals surface area contributed by atoms with Crippen LogP contribution in [-0.2, 0) is 12.4 Å². The first-order chi connectivity index (χ1) is 9.28. The molecule has 4 nitrogen and oxygen atoms in total. The normalized spacial score (nSPS) is 11.1. The van der Waals surface area contributed by atoms with E-state index >= 15 is 0 Å². The van der Waals surface area contributed by atoms with Crippen LogP contribution in [0.4, 0.5) is 0 Å². The number of pyridine rings is 2. The third-order valence-electron chi connectivity index (χ3n) is 3.02. The Labute approximate surface area is 116 Å². The third-order valence-corrected chi connectivity index (χ3v) is 3.25. The number of hydrogen-bond donors (Lipinski definition) is 0. The van der Waals surface area contributed by atoms with Crippen LogP contribution in [0.3, 0.4) is 0 Å². The molecule has 0 spiro atoms. The summed E-state index contributed by atoms with van der Waals surface area (Å²) in [4.78, 5) is 13.1. The van der Waals surface area contributed by atoms with Gasteiger partial charge in [-0.25, -0.2) is 4.98 Å². The Kier molecular flexibility index (Phi) is 3.17. The molecule has 3 aromatic heterocycles. The number of hydrogen-bond acceptors (Lipinski definition) is 3. The molecule has 0 aromatic carbocycles. The molecule has 3 rings (SSSR count). The van der Waals surface area contributed by atoms with Crippen molar-refractivity contribution in [2.24, 2.45) is 0 Å². The highest BCUT2D eigenvalue weighted by molar-refractivity contribution is 6.16. The van der Waals surface area contributed by atoms with Gasteiger partial charge in [0, 0.05) is 11.9 Å². The van der Waals surface area contributed by atoms with Gasteiger partial charge in [-0.1, -0.05) is 6.07 Å². The van der Waals surface area contributed by atoms with Crippen molar-refractivity contribution in [2.75, 3.05) is 0 Å². The topological polar surface area (TPSA) is 43.6 Å². The van der Waals surface area contributed by atoms with E-state index in [0.717, 1.165) is 28.2 Å². The largest absolute Gasteiger partial charge is 0.321 e. The molecule has 0 atom stereocenters. The molecule has 0 fully saturated rings.